The fourth-order valence-electron chi connectivity index (χ4n) is 4.56. The summed E-state index contributed by atoms with van der Waals surface area (Å²) < 4.78 is 16.7. The Kier molecular flexibility index (Phi) is 5.80. The lowest BCUT2D eigenvalue weighted by Crippen LogP contribution is -2.38. The van der Waals surface area contributed by atoms with Gasteiger partial charge in [-0.25, -0.2) is 14.4 Å². The molecule has 1 unspecified atom stereocenters. The van der Waals surface area contributed by atoms with Gasteiger partial charge in [-0.1, -0.05) is 6.08 Å². The highest BCUT2D eigenvalue weighted by Gasteiger charge is 2.24. The number of dihydropyridines is 1. The van der Waals surface area contributed by atoms with Crippen LogP contribution in [0.4, 0.5) is 21.7 Å². The second-order valence-electron chi connectivity index (χ2n) is 9.10. The number of hydrogen-bond donors (Lipinski definition) is 2. The van der Waals surface area contributed by atoms with Gasteiger partial charge in [0.1, 0.15) is 18.2 Å². The highest BCUT2D eigenvalue weighted by molar-refractivity contribution is 5.96. The van der Waals surface area contributed by atoms with Crippen LogP contribution in [0.3, 0.4) is 0 Å². The standard InChI is InChI=1S/C25H26FN7O2/c1-14(2)32-7-5-18-11-21(31-33(18)13-22(32)34)30-20-10-16-9-17(8-15-4-3-6-28-25(15)35)23(26)24(27)19(16)12-29-20/h3-4,6,9-12,14-15H,5,7-8,13,27H2,1-2H3,(H,29,30,31). The summed E-state index contributed by atoms with van der Waals surface area (Å²) in [7, 11) is 0. The third kappa shape index (κ3) is 4.39. The molecule has 0 radical (unpaired) electrons. The molecule has 0 saturated carbocycles. The minimum Gasteiger partial charge on any atom is -0.396 e. The number of anilines is 3. The van der Waals surface area contributed by atoms with E-state index in [0.717, 1.165) is 5.69 Å². The van der Waals surface area contributed by atoms with E-state index in [1.807, 2.05) is 24.8 Å². The van der Waals surface area contributed by atoms with Gasteiger partial charge in [0.25, 0.3) is 5.91 Å². The van der Waals surface area contributed by atoms with E-state index in [4.69, 9.17) is 5.73 Å². The average Bonchev–Trinajstić information content (AvgIpc) is 3.11. The van der Waals surface area contributed by atoms with Crippen molar-refractivity contribution >= 4 is 46.1 Å². The summed E-state index contributed by atoms with van der Waals surface area (Å²) >= 11 is 0. The molecule has 10 heteroatoms. The molecule has 4 heterocycles. The van der Waals surface area contributed by atoms with Gasteiger partial charge in [-0.15, -0.1) is 0 Å². The normalized spacial score (nSPS) is 17.8. The summed E-state index contributed by atoms with van der Waals surface area (Å²) in [6, 6.07) is 5.51. The molecule has 3 aromatic rings. The minimum absolute atomic E-state index is 0.00536. The molecule has 3 N–H and O–H groups in total. The number of nitrogens with zero attached hydrogens (tertiary/aromatic N) is 5. The summed E-state index contributed by atoms with van der Waals surface area (Å²) in [6.45, 7) is 4.85. The summed E-state index contributed by atoms with van der Waals surface area (Å²) in [4.78, 5) is 34.6. The van der Waals surface area contributed by atoms with Gasteiger partial charge in [0.05, 0.1) is 11.6 Å². The molecule has 2 aromatic heterocycles. The maximum atomic E-state index is 14.9. The number of hydrogen-bond acceptors (Lipinski definition) is 6. The summed E-state index contributed by atoms with van der Waals surface area (Å²) in [5.74, 6) is -0.258. The van der Waals surface area contributed by atoms with Crippen molar-refractivity contribution in [2.75, 3.05) is 17.6 Å². The number of pyridine rings is 1. The largest absolute Gasteiger partial charge is 0.396 e. The van der Waals surface area contributed by atoms with Crippen LogP contribution < -0.4 is 11.1 Å². The topological polar surface area (TPSA) is 118 Å². The number of nitrogen functional groups attached to an aromatic ring is 1. The van der Waals surface area contributed by atoms with Crippen LogP contribution in [0.25, 0.3) is 10.8 Å². The fraction of sp³-hybridized carbons (Fsp3) is 0.320. The van der Waals surface area contributed by atoms with Gasteiger partial charge in [-0.3, -0.25) is 14.3 Å². The number of rotatable bonds is 5. The van der Waals surface area contributed by atoms with Crippen molar-refractivity contribution in [1.82, 2.24) is 19.7 Å². The minimum atomic E-state index is -0.547. The van der Waals surface area contributed by atoms with Gasteiger partial charge in [0.2, 0.25) is 5.91 Å². The van der Waals surface area contributed by atoms with Gasteiger partial charge in [-0.2, -0.15) is 5.10 Å². The van der Waals surface area contributed by atoms with E-state index in [0.29, 0.717) is 40.9 Å². The zero-order valence-corrected chi connectivity index (χ0v) is 19.5. The molecular formula is C25H26FN7O2. The lowest BCUT2D eigenvalue weighted by Gasteiger charge is -2.24. The molecule has 1 atom stereocenters. The highest BCUT2D eigenvalue weighted by atomic mass is 19.1. The Morgan fingerprint density at radius 1 is 1.23 bits per heavy atom. The number of benzene rings is 1. The van der Waals surface area contributed by atoms with E-state index >= 15 is 0 Å². The van der Waals surface area contributed by atoms with Crippen LogP contribution >= 0.6 is 0 Å². The van der Waals surface area contributed by atoms with Crippen LogP contribution in [-0.4, -0.2) is 50.3 Å². The maximum Gasteiger partial charge on any atom is 0.252 e. The van der Waals surface area contributed by atoms with Crippen LogP contribution in [-0.2, 0) is 29.0 Å². The predicted molar refractivity (Wildman–Crippen MR) is 132 cm³/mol. The van der Waals surface area contributed by atoms with Crippen LogP contribution in [0.15, 0.2) is 41.5 Å². The van der Waals surface area contributed by atoms with Gasteiger partial charge in [0.15, 0.2) is 5.82 Å². The van der Waals surface area contributed by atoms with Crippen LogP contribution in [0.5, 0.6) is 0 Å². The smallest absolute Gasteiger partial charge is 0.252 e. The Morgan fingerprint density at radius 3 is 2.83 bits per heavy atom. The van der Waals surface area contributed by atoms with Gasteiger partial charge in [-0.05, 0) is 49.4 Å². The summed E-state index contributed by atoms with van der Waals surface area (Å²) in [6.07, 6.45) is 7.21. The Labute approximate surface area is 201 Å². The van der Waals surface area contributed by atoms with E-state index in [2.05, 4.69) is 20.4 Å². The second kappa shape index (κ2) is 8.94. The Morgan fingerprint density at radius 2 is 2.06 bits per heavy atom. The maximum absolute atomic E-state index is 14.9. The van der Waals surface area contributed by atoms with E-state index in [1.54, 1.807) is 29.0 Å². The second-order valence-corrected chi connectivity index (χ2v) is 9.10. The number of allylic oxidation sites excluding steroid dienone is 1. The molecule has 5 rings (SSSR count). The van der Waals surface area contributed by atoms with Crippen molar-refractivity contribution in [3.63, 3.8) is 0 Å². The van der Waals surface area contributed by atoms with Crippen molar-refractivity contribution < 1.29 is 14.0 Å². The van der Waals surface area contributed by atoms with Crippen molar-refractivity contribution in [1.29, 1.82) is 0 Å². The van der Waals surface area contributed by atoms with Crippen molar-refractivity contribution in [3.8, 4) is 0 Å². The number of carbonyl (C=O) groups excluding carboxylic acids is 2. The van der Waals surface area contributed by atoms with E-state index in [1.165, 1.54) is 12.4 Å². The van der Waals surface area contributed by atoms with Crippen LogP contribution in [0.1, 0.15) is 25.1 Å². The van der Waals surface area contributed by atoms with Crippen LogP contribution in [0, 0.1) is 11.7 Å². The molecule has 180 valence electrons. The molecule has 1 aromatic carbocycles. The molecule has 0 saturated heterocycles. The summed E-state index contributed by atoms with van der Waals surface area (Å²) in [5.41, 5.74) is 7.37. The summed E-state index contributed by atoms with van der Waals surface area (Å²) in [5, 5.41) is 8.89. The monoisotopic (exact) mass is 475 g/mol. The van der Waals surface area contributed by atoms with E-state index < -0.39 is 11.7 Å². The van der Waals surface area contributed by atoms with Crippen LogP contribution in [0.2, 0.25) is 0 Å². The number of carbonyl (C=O) groups is 2. The van der Waals surface area contributed by atoms with Gasteiger partial charge in [0, 0.05) is 48.6 Å². The number of nitrogens with two attached hydrogens (primary N) is 1. The quantitative estimate of drug-likeness (QED) is 0.548. The third-order valence-corrected chi connectivity index (χ3v) is 6.42. The predicted octanol–water partition coefficient (Wildman–Crippen LogP) is 3.02. The molecule has 2 aliphatic heterocycles. The number of amides is 2. The molecule has 0 bridgehead atoms. The molecule has 0 fully saturated rings. The third-order valence-electron chi connectivity index (χ3n) is 6.42. The first-order valence-corrected chi connectivity index (χ1v) is 11.5. The lowest BCUT2D eigenvalue weighted by atomic mass is 9.94. The van der Waals surface area contributed by atoms with Crippen molar-refractivity contribution in [2.24, 2.45) is 10.9 Å². The Hall–Kier alpha value is -4.08. The van der Waals surface area contributed by atoms with Gasteiger partial charge < -0.3 is 16.0 Å². The number of aromatic nitrogens is 3. The Balaban J connectivity index is 1.40. The van der Waals surface area contributed by atoms with E-state index in [-0.39, 0.29) is 36.5 Å². The van der Waals surface area contributed by atoms with Crippen molar-refractivity contribution in [3.05, 3.63) is 53.6 Å². The van der Waals surface area contributed by atoms with Gasteiger partial charge >= 0.3 is 0 Å². The lowest BCUT2D eigenvalue weighted by molar-refractivity contribution is -0.133. The SMILES string of the molecule is CC(C)N1CCc2cc(Nc3cc4cc(CC5C=CC=NC5=O)c(F)c(N)c4cn3)nn2CC1=O. The zero-order valence-electron chi connectivity index (χ0n) is 19.5. The molecule has 9 nitrogen and oxygen atoms in total. The first kappa shape index (κ1) is 22.7. The number of nitrogens with one attached hydrogen (secondary N) is 1. The molecule has 2 amide bonds. The molecule has 0 aliphatic carbocycles. The molecule has 35 heavy (non-hydrogen) atoms. The number of fused-ring (bicyclic) bond motifs is 2. The molecule has 2 aliphatic rings. The molecule has 0 spiro atoms. The fourth-order valence-corrected chi connectivity index (χ4v) is 4.56. The van der Waals surface area contributed by atoms with Crippen molar-refractivity contribution in [2.45, 2.75) is 39.3 Å². The first-order chi connectivity index (χ1) is 16.8. The zero-order chi connectivity index (χ0) is 24.7. The highest BCUT2D eigenvalue weighted by Crippen LogP contribution is 2.31. The average molecular weight is 476 g/mol. The Bertz CT molecular complexity index is 1390. The molecular weight excluding hydrogens is 449 g/mol. The van der Waals surface area contributed by atoms with E-state index in [9.17, 15) is 14.0 Å². The number of halogens is 1. The number of aliphatic imine (C=N–C) groups is 1. The first-order valence-electron chi connectivity index (χ1n) is 11.5.